The van der Waals surface area contributed by atoms with Gasteiger partial charge in [0.2, 0.25) is 0 Å². The van der Waals surface area contributed by atoms with Gasteiger partial charge < -0.3 is 15.5 Å². The Morgan fingerprint density at radius 3 is 3.06 bits per heavy atom. The van der Waals surface area contributed by atoms with Crippen LogP contribution in [0.15, 0.2) is 35.1 Å². The maximum Gasteiger partial charge on any atom is 0.159 e. The molecule has 0 saturated heterocycles. The van der Waals surface area contributed by atoms with Crippen molar-refractivity contribution in [3.63, 3.8) is 0 Å². The van der Waals surface area contributed by atoms with Crippen LogP contribution >= 0.6 is 12.2 Å². The first kappa shape index (κ1) is 12.5. The molecule has 2 heterocycles. The van der Waals surface area contributed by atoms with Gasteiger partial charge in [-0.25, -0.2) is 0 Å². The second-order valence-electron chi connectivity index (χ2n) is 3.99. The average Bonchev–Trinajstić information content (AvgIpc) is 2.82. The van der Waals surface area contributed by atoms with Crippen molar-refractivity contribution in [1.82, 2.24) is 10.2 Å². The Kier molecular flexibility index (Phi) is 3.88. The van der Waals surface area contributed by atoms with Gasteiger partial charge in [-0.15, -0.1) is 5.10 Å². The molecule has 0 spiro atoms. The molecule has 0 amide bonds. The molecule has 0 aromatic carbocycles. The van der Waals surface area contributed by atoms with Gasteiger partial charge in [0.15, 0.2) is 5.82 Å². The van der Waals surface area contributed by atoms with E-state index in [1.54, 1.807) is 18.5 Å². The fourth-order valence-electron chi connectivity index (χ4n) is 1.65. The number of nitrogens with zero attached hydrogens (tertiary/aromatic N) is 2. The zero-order valence-corrected chi connectivity index (χ0v) is 10.8. The first-order chi connectivity index (χ1) is 8.66. The lowest BCUT2D eigenvalue weighted by atomic mass is 10.2. The van der Waals surface area contributed by atoms with Gasteiger partial charge in [0.05, 0.1) is 18.0 Å². The molecule has 0 saturated carbocycles. The summed E-state index contributed by atoms with van der Waals surface area (Å²) in [7, 11) is 0. The quantitative estimate of drug-likeness (QED) is 0.799. The second kappa shape index (κ2) is 5.59. The zero-order valence-electron chi connectivity index (χ0n) is 9.96. The van der Waals surface area contributed by atoms with Gasteiger partial charge in [-0.1, -0.05) is 12.2 Å². The van der Waals surface area contributed by atoms with Crippen LogP contribution in [-0.4, -0.2) is 21.2 Å². The van der Waals surface area contributed by atoms with Crippen LogP contribution in [0.3, 0.4) is 0 Å². The van der Waals surface area contributed by atoms with Crippen molar-refractivity contribution in [1.29, 1.82) is 0 Å². The van der Waals surface area contributed by atoms with Gasteiger partial charge in [-0.05, 0) is 25.1 Å². The third-order valence-corrected chi connectivity index (χ3v) is 2.68. The molecule has 2 aromatic rings. The first-order valence-electron chi connectivity index (χ1n) is 5.57. The molecule has 0 radical (unpaired) electrons. The molecular formula is C12H14N4OS. The van der Waals surface area contributed by atoms with Gasteiger partial charge in [-0.2, -0.15) is 5.10 Å². The van der Waals surface area contributed by atoms with E-state index in [4.69, 9.17) is 22.4 Å². The Hall–Kier alpha value is -1.95. The number of thiocarbonyl (C=S) groups is 1. The monoisotopic (exact) mass is 262 g/mol. The average molecular weight is 262 g/mol. The minimum atomic E-state index is 0.140. The molecule has 2 rings (SSSR count). The standard InChI is InChI=1S/C12H14N4OS/c1-8(7-9-3-2-6-17-9)15-12-10(11(13)18)4-5-14-16-12/h2-6,8H,7H2,1H3,(H2,13,18)(H,15,16). The molecular weight excluding hydrogens is 248 g/mol. The Balaban J connectivity index is 2.07. The van der Waals surface area contributed by atoms with E-state index in [1.807, 2.05) is 19.1 Å². The molecule has 6 heteroatoms. The van der Waals surface area contributed by atoms with Crippen molar-refractivity contribution < 1.29 is 4.42 Å². The number of nitrogens with two attached hydrogens (primary N) is 1. The SMILES string of the molecule is CC(Cc1ccco1)Nc1nnccc1C(N)=S. The highest BCUT2D eigenvalue weighted by Crippen LogP contribution is 2.13. The normalized spacial score (nSPS) is 12.1. The molecule has 0 bridgehead atoms. The van der Waals surface area contributed by atoms with Gasteiger partial charge in [0.1, 0.15) is 10.7 Å². The molecule has 0 aliphatic heterocycles. The summed E-state index contributed by atoms with van der Waals surface area (Å²) >= 11 is 4.97. The molecule has 94 valence electrons. The van der Waals surface area contributed by atoms with Crippen LogP contribution in [0.1, 0.15) is 18.2 Å². The molecule has 3 N–H and O–H groups in total. The van der Waals surface area contributed by atoms with Crippen LogP contribution in [0.4, 0.5) is 5.82 Å². The van der Waals surface area contributed by atoms with Gasteiger partial charge >= 0.3 is 0 Å². The number of hydrogen-bond donors (Lipinski definition) is 2. The minimum absolute atomic E-state index is 0.140. The lowest BCUT2D eigenvalue weighted by Gasteiger charge is -2.14. The van der Waals surface area contributed by atoms with Crippen LogP contribution in [0.5, 0.6) is 0 Å². The van der Waals surface area contributed by atoms with E-state index >= 15 is 0 Å². The summed E-state index contributed by atoms with van der Waals surface area (Å²) in [5, 5.41) is 11.1. The molecule has 0 fully saturated rings. The Labute approximate surface area is 110 Å². The second-order valence-corrected chi connectivity index (χ2v) is 4.43. The van der Waals surface area contributed by atoms with Gasteiger partial charge in [0, 0.05) is 12.5 Å². The van der Waals surface area contributed by atoms with Crippen molar-refractivity contribution >= 4 is 23.0 Å². The van der Waals surface area contributed by atoms with Crippen molar-refractivity contribution in [3.8, 4) is 0 Å². The largest absolute Gasteiger partial charge is 0.469 e. The highest BCUT2D eigenvalue weighted by Gasteiger charge is 2.11. The van der Waals surface area contributed by atoms with E-state index in [1.165, 1.54) is 0 Å². The maximum atomic E-state index is 5.63. The van der Waals surface area contributed by atoms with E-state index < -0.39 is 0 Å². The molecule has 1 unspecified atom stereocenters. The van der Waals surface area contributed by atoms with E-state index in [-0.39, 0.29) is 6.04 Å². The number of aromatic nitrogens is 2. The van der Waals surface area contributed by atoms with Gasteiger partial charge in [-0.3, -0.25) is 0 Å². The van der Waals surface area contributed by atoms with Gasteiger partial charge in [0.25, 0.3) is 0 Å². The van der Waals surface area contributed by atoms with E-state index in [0.717, 1.165) is 12.2 Å². The number of anilines is 1. The molecule has 5 nitrogen and oxygen atoms in total. The first-order valence-corrected chi connectivity index (χ1v) is 5.98. The van der Waals surface area contributed by atoms with Crippen molar-refractivity contribution in [2.24, 2.45) is 5.73 Å². The molecule has 1 atom stereocenters. The summed E-state index contributed by atoms with van der Waals surface area (Å²) in [6, 6.07) is 5.69. The number of nitrogens with one attached hydrogen (secondary N) is 1. The predicted molar refractivity (Wildman–Crippen MR) is 73.4 cm³/mol. The number of hydrogen-bond acceptors (Lipinski definition) is 5. The summed E-state index contributed by atoms with van der Waals surface area (Å²) in [6.45, 7) is 2.03. The fourth-order valence-corrected chi connectivity index (χ4v) is 1.82. The zero-order chi connectivity index (χ0) is 13.0. The Morgan fingerprint density at radius 1 is 1.56 bits per heavy atom. The van der Waals surface area contributed by atoms with Crippen molar-refractivity contribution in [3.05, 3.63) is 42.0 Å². The summed E-state index contributed by atoms with van der Waals surface area (Å²) in [6.07, 6.45) is 3.97. The molecule has 2 aromatic heterocycles. The summed E-state index contributed by atoms with van der Waals surface area (Å²) in [5.41, 5.74) is 6.33. The highest BCUT2D eigenvalue weighted by atomic mass is 32.1. The van der Waals surface area contributed by atoms with Crippen LogP contribution in [0.25, 0.3) is 0 Å². The van der Waals surface area contributed by atoms with Crippen LogP contribution in [0, 0.1) is 0 Å². The van der Waals surface area contributed by atoms with E-state index in [2.05, 4.69) is 15.5 Å². The van der Waals surface area contributed by atoms with E-state index in [9.17, 15) is 0 Å². The topological polar surface area (TPSA) is 77.0 Å². The van der Waals surface area contributed by atoms with E-state index in [0.29, 0.717) is 16.4 Å². The van der Waals surface area contributed by atoms with Crippen LogP contribution in [0.2, 0.25) is 0 Å². The molecule has 18 heavy (non-hydrogen) atoms. The summed E-state index contributed by atoms with van der Waals surface area (Å²) < 4.78 is 5.29. The molecule has 0 aliphatic carbocycles. The Morgan fingerprint density at radius 2 is 2.39 bits per heavy atom. The lowest BCUT2D eigenvalue weighted by molar-refractivity contribution is 0.497. The third kappa shape index (κ3) is 3.04. The van der Waals surface area contributed by atoms with Crippen LogP contribution < -0.4 is 11.1 Å². The van der Waals surface area contributed by atoms with Crippen molar-refractivity contribution in [2.75, 3.05) is 5.32 Å². The highest BCUT2D eigenvalue weighted by molar-refractivity contribution is 7.80. The summed E-state index contributed by atoms with van der Waals surface area (Å²) in [4.78, 5) is 0.303. The maximum absolute atomic E-state index is 5.63. The van der Waals surface area contributed by atoms with Crippen LogP contribution in [-0.2, 0) is 6.42 Å². The Bertz CT molecular complexity index is 527. The summed E-state index contributed by atoms with van der Waals surface area (Å²) in [5.74, 6) is 1.51. The smallest absolute Gasteiger partial charge is 0.159 e. The molecule has 0 aliphatic rings. The number of furan rings is 1. The minimum Gasteiger partial charge on any atom is -0.469 e. The van der Waals surface area contributed by atoms with Crippen molar-refractivity contribution in [2.45, 2.75) is 19.4 Å². The third-order valence-electron chi connectivity index (χ3n) is 2.46. The number of rotatable bonds is 5. The lowest BCUT2D eigenvalue weighted by Crippen LogP contribution is -2.22. The predicted octanol–water partition coefficient (Wildman–Crippen LogP) is 1.75. The fraction of sp³-hybridized carbons (Fsp3) is 0.250.